The molecule has 162 valence electrons. The van der Waals surface area contributed by atoms with Crippen molar-refractivity contribution in [2.45, 2.75) is 16.2 Å². The van der Waals surface area contributed by atoms with Gasteiger partial charge in [-0.25, -0.2) is 12.8 Å². The topological polar surface area (TPSA) is 92.3 Å². The molecule has 0 spiro atoms. The van der Waals surface area contributed by atoms with Gasteiger partial charge in [-0.15, -0.1) is 16.8 Å². The molecule has 1 amide bonds. The standard InChI is InChI=1S/C20H19FN4O3S3/c1-3-12-29-20-24-23-19(30-20)22-18(26)13-25(16-8-4-14(2)5-9-16)31(27,28)17-10-6-15(21)7-11-17/h3-11H,1,12-13H2,2H3,(H,22,23,26). The van der Waals surface area contributed by atoms with E-state index >= 15 is 0 Å². The molecule has 0 aliphatic carbocycles. The summed E-state index contributed by atoms with van der Waals surface area (Å²) >= 11 is 2.60. The number of benzene rings is 2. The molecule has 0 fully saturated rings. The van der Waals surface area contributed by atoms with E-state index in [4.69, 9.17) is 0 Å². The summed E-state index contributed by atoms with van der Waals surface area (Å²) in [6.45, 7) is 5.01. The van der Waals surface area contributed by atoms with Gasteiger partial charge in [0.05, 0.1) is 10.6 Å². The third-order valence-electron chi connectivity index (χ3n) is 3.99. The number of thioether (sulfide) groups is 1. The van der Waals surface area contributed by atoms with Crippen LogP contribution >= 0.6 is 23.1 Å². The number of amides is 1. The normalized spacial score (nSPS) is 11.2. The maximum absolute atomic E-state index is 13.3. The zero-order valence-electron chi connectivity index (χ0n) is 16.5. The second-order valence-corrected chi connectivity index (χ2v) is 10.4. The van der Waals surface area contributed by atoms with Gasteiger partial charge in [0.25, 0.3) is 10.0 Å². The minimum absolute atomic E-state index is 0.124. The summed E-state index contributed by atoms with van der Waals surface area (Å²) in [5.74, 6) is -0.484. The second kappa shape index (κ2) is 10.0. The van der Waals surface area contributed by atoms with E-state index in [1.165, 1.54) is 23.1 Å². The summed E-state index contributed by atoms with van der Waals surface area (Å²) < 4.78 is 41.4. The van der Waals surface area contributed by atoms with Gasteiger partial charge in [0.2, 0.25) is 11.0 Å². The van der Waals surface area contributed by atoms with Gasteiger partial charge in [-0.3, -0.25) is 14.4 Å². The summed E-state index contributed by atoms with van der Waals surface area (Å²) in [7, 11) is -4.12. The largest absolute Gasteiger partial charge is 0.299 e. The van der Waals surface area contributed by atoms with E-state index in [0.717, 1.165) is 34.1 Å². The molecule has 1 aromatic heterocycles. The maximum Gasteiger partial charge on any atom is 0.264 e. The van der Waals surface area contributed by atoms with Gasteiger partial charge in [0.15, 0.2) is 4.34 Å². The molecular formula is C20H19FN4O3S3. The molecule has 0 radical (unpaired) electrons. The Morgan fingerprint density at radius 2 is 1.87 bits per heavy atom. The van der Waals surface area contributed by atoms with Crippen molar-refractivity contribution in [1.82, 2.24) is 10.2 Å². The monoisotopic (exact) mass is 478 g/mol. The lowest BCUT2D eigenvalue weighted by Gasteiger charge is -2.24. The van der Waals surface area contributed by atoms with Crippen LogP contribution in [0, 0.1) is 12.7 Å². The number of anilines is 2. The summed E-state index contributed by atoms with van der Waals surface area (Å²) in [6.07, 6.45) is 1.73. The molecule has 1 heterocycles. The van der Waals surface area contributed by atoms with Gasteiger partial charge in [0, 0.05) is 5.75 Å². The Kier molecular flexibility index (Phi) is 7.42. The van der Waals surface area contributed by atoms with Crippen LogP contribution in [0.2, 0.25) is 0 Å². The summed E-state index contributed by atoms with van der Waals surface area (Å²) in [4.78, 5) is 12.5. The van der Waals surface area contributed by atoms with Crippen molar-refractivity contribution in [2.75, 3.05) is 21.9 Å². The third-order valence-corrected chi connectivity index (χ3v) is 7.74. The van der Waals surface area contributed by atoms with E-state index in [9.17, 15) is 17.6 Å². The molecule has 0 atom stereocenters. The molecule has 3 aromatic rings. The smallest absolute Gasteiger partial charge is 0.264 e. The van der Waals surface area contributed by atoms with Crippen molar-refractivity contribution in [3.8, 4) is 0 Å². The van der Waals surface area contributed by atoms with Gasteiger partial charge in [-0.1, -0.05) is 46.9 Å². The SMILES string of the molecule is C=CCSc1nnc(NC(=O)CN(c2ccc(C)cc2)S(=O)(=O)c2ccc(F)cc2)s1. The van der Waals surface area contributed by atoms with Crippen molar-refractivity contribution in [3.05, 3.63) is 72.6 Å². The Hall–Kier alpha value is -2.76. The molecule has 7 nitrogen and oxygen atoms in total. The predicted molar refractivity (Wildman–Crippen MR) is 122 cm³/mol. The first-order valence-electron chi connectivity index (χ1n) is 9.01. The van der Waals surface area contributed by atoms with E-state index in [2.05, 4.69) is 22.1 Å². The Labute approximate surface area is 188 Å². The van der Waals surface area contributed by atoms with E-state index < -0.39 is 28.3 Å². The van der Waals surface area contributed by atoms with Crippen LogP contribution in [0.5, 0.6) is 0 Å². The molecule has 0 aliphatic rings. The predicted octanol–water partition coefficient (Wildman–Crippen LogP) is 4.10. The first-order valence-corrected chi connectivity index (χ1v) is 12.3. The number of hydrogen-bond donors (Lipinski definition) is 1. The van der Waals surface area contributed by atoms with Crippen LogP contribution in [0.3, 0.4) is 0 Å². The number of nitrogens with one attached hydrogen (secondary N) is 1. The highest BCUT2D eigenvalue weighted by Gasteiger charge is 2.27. The fourth-order valence-electron chi connectivity index (χ4n) is 2.50. The van der Waals surface area contributed by atoms with Gasteiger partial charge >= 0.3 is 0 Å². The number of nitrogens with zero attached hydrogens (tertiary/aromatic N) is 3. The molecular weight excluding hydrogens is 459 g/mol. The average molecular weight is 479 g/mol. The molecule has 0 aliphatic heterocycles. The Bertz CT molecular complexity index is 1160. The van der Waals surface area contributed by atoms with Crippen molar-refractivity contribution in [2.24, 2.45) is 0 Å². The second-order valence-electron chi connectivity index (χ2n) is 6.32. The lowest BCUT2D eigenvalue weighted by molar-refractivity contribution is -0.114. The van der Waals surface area contributed by atoms with Crippen LogP contribution in [-0.2, 0) is 14.8 Å². The molecule has 1 N–H and O–H groups in total. The van der Waals surface area contributed by atoms with Crippen molar-refractivity contribution in [3.63, 3.8) is 0 Å². The van der Waals surface area contributed by atoms with Gasteiger partial charge in [-0.2, -0.15) is 0 Å². The summed E-state index contributed by atoms with van der Waals surface area (Å²) in [5.41, 5.74) is 1.25. The van der Waals surface area contributed by atoms with E-state index in [-0.39, 0.29) is 10.0 Å². The van der Waals surface area contributed by atoms with Crippen LogP contribution in [0.15, 0.2) is 70.4 Å². The number of halogens is 1. The van der Waals surface area contributed by atoms with Crippen molar-refractivity contribution >= 4 is 49.8 Å². The lowest BCUT2D eigenvalue weighted by atomic mass is 10.2. The first-order chi connectivity index (χ1) is 14.8. The highest BCUT2D eigenvalue weighted by atomic mass is 32.2. The average Bonchev–Trinajstić information content (AvgIpc) is 3.18. The van der Waals surface area contributed by atoms with E-state index in [0.29, 0.717) is 15.8 Å². The first kappa shape index (κ1) is 22.9. The van der Waals surface area contributed by atoms with Crippen molar-refractivity contribution < 1.29 is 17.6 Å². The molecule has 0 saturated carbocycles. The molecule has 0 saturated heterocycles. The molecule has 2 aromatic carbocycles. The third kappa shape index (κ3) is 5.90. The Morgan fingerprint density at radius 1 is 1.19 bits per heavy atom. The van der Waals surface area contributed by atoms with E-state index in [1.54, 1.807) is 30.3 Å². The lowest BCUT2D eigenvalue weighted by Crippen LogP contribution is -2.38. The van der Waals surface area contributed by atoms with Gasteiger partial charge in [0.1, 0.15) is 12.4 Å². The minimum atomic E-state index is -4.12. The van der Waals surface area contributed by atoms with Crippen molar-refractivity contribution in [1.29, 1.82) is 0 Å². The number of hydrogen-bond acceptors (Lipinski definition) is 7. The van der Waals surface area contributed by atoms with Crippen LogP contribution in [0.4, 0.5) is 15.2 Å². The summed E-state index contributed by atoms with van der Waals surface area (Å²) in [6, 6.07) is 11.2. The number of carbonyl (C=O) groups is 1. The zero-order valence-corrected chi connectivity index (χ0v) is 18.9. The molecule has 11 heteroatoms. The highest BCUT2D eigenvalue weighted by molar-refractivity contribution is 8.01. The molecule has 31 heavy (non-hydrogen) atoms. The number of aryl methyl sites for hydroxylation is 1. The van der Waals surface area contributed by atoms with Crippen LogP contribution in [0.1, 0.15) is 5.56 Å². The van der Waals surface area contributed by atoms with Gasteiger partial charge < -0.3 is 0 Å². The summed E-state index contributed by atoms with van der Waals surface area (Å²) in [5, 5.41) is 10.7. The highest BCUT2D eigenvalue weighted by Crippen LogP contribution is 2.27. The molecule has 3 rings (SSSR count). The number of rotatable bonds is 9. The Balaban J connectivity index is 1.85. The quantitative estimate of drug-likeness (QED) is 0.283. The maximum atomic E-state index is 13.3. The molecule has 0 unspecified atom stereocenters. The molecule has 0 bridgehead atoms. The van der Waals surface area contributed by atoms with Crippen LogP contribution < -0.4 is 9.62 Å². The number of sulfonamides is 1. The number of aromatic nitrogens is 2. The van der Waals surface area contributed by atoms with Crippen LogP contribution in [-0.4, -0.2) is 36.8 Å². The Morgan fingerprint density at radius 3 is 2.52 bits per heavy atom. The minimum Gasteiger partial charge on any atom is -0.299 e. The van der Waals surface area contributed by atoms with Crippen LogP contribution in [0.25, 0.3) is 0 Å². The van der Waals surface area contributed by atoms with Gasteiger partial charge in [-0.05, 0) is 43.3 Å². The fraction of sp³-hybridized carbons (Fsp3) is 0.150. The fourth-order valence-corrected chi connectivity index (χ4v) is 5.45. The van der Waals surface area contributed by atoms with E-state index in [1.807, 2.05) is 6.92 Å². The zero-order chi connectivity index (χ0) is 22.4. The number of carbonyl (C=O) groups excluding carboxylic acids is 1.